The molecular weight excluding hydrogens is 319 g/mol. The predicted octanol–water partition coefficient (Wildman–Crippen LogP) is 3.33. The van der Waals surface area contributed by atoms with E-state index in [9.17, 15) is 18.0 Å². The lowest BCUT2D eigenvalue weighted by Crippen LogP contribution is -2.14. The van der Waals surface area contributed by atoms with E-state index in [4.69, 9.17) is 12.2 Å². The van der Waals surface area contributed by atoms with Gasteiger partial charge in [-0.2, -0.15) is 13.2 Å². The molecule has 120 valence electrons. The van der Waals surface area contributed by atoms with Gasteiger partial charge in [0.05, 0.1) is 16.8 Å². The summed E-state index contributed by atoms with van der Waals surface area (Å²) in [5, 5.41) is -0.174. The van der Waals surface area contributed by atoms with Gasteiger partial charge in [0.2, 0.25) is 0 Å². The highest BCUT2D eigenvalue weighted by Crippen LogP contribution is 2.37. The van der Waals surface area contributed by atoms with E-state index in [-0.39, 0.29) is 22.3 Å². The summed E-state index contributed by atoms with van der Waals surface area (Å²) in [6.45, 7) is 0. The number of rotatable bonds is 2. The maximum Gasteiger partial charge on any atom is 0.418 e. The molecule has 1 amide bonds. The lowest BCUT2D eigenvalue weighted by Gasteiger charge is -2.08. The van der Waals surface area contributed by atoms with E-state index >= 15 is 0 Å². The highest BCUT2D eigenvalue weighted by Gasteiger charge is 2.34. The third kappa shape index (κ3) is 2.58. The van der Waals surface area contributed by atoms with Gasteiger partial charge < -0.3 is 10.7 Å². The lowest BCUT2D eigenvalue weighted by molar-refractivity contribution is -0.136. The van der Waals surface area contributed by atoms with Crippen molar-refractivity contribution >= 4 is 16.8 Å². The van der Waals surface area contributed by atoms with E-state index in [0.717, 1.165) is 6.20 Å². The van der Waals surface area contributed by atoms with E-state index in [0.29, 0.717) is 11.1 Å². The van der Waals surface area contributed by atoms with Crippen molar-refractivity contribution in [2.24, 2.45) is 5.73 Å². The van der Waals surface area contributed by atoms with Crippen molar-refractivity contribution in [3.8, 4) is 23.6 Å². The van der Waals surface area contributed by atoms with Gasteiger partial charge >= 0.3 is 6.18 Å². The zero-order valence-electron chi connectivity index (χ0n) is 12.1. The fourth-order valence-electron chi connectivity index (χ4n) is 2.45. The molecule has 4 nitrogen and oxygen atoms in total. The molecular formula is C17H10F3N3O. The SMILES string of the molecule is C#Cc1cccc(-c2cc3c(C(F)(F)F)c[nH]c3c(C(N)=O)n2)c1. The molecule has 3 N–H and O–H groups in total. The summed E-state index contributed by atoms with van der Waals surface area (Å²) in [5.41, 5.74) is 5.28. The highest BCUT2D eigenvalue weighted by atomic mass is 19.4. The van der Waals surface area contributed by atoms with Crippen molar-refractivity contribution < 1.29 is 18.0 Å². The summed E-state index contributed by atoms with van der Waals surface area (Å²) in [4.78, 5) is 18.1. The Morgan fingerprint density at radius 3 is 2.67 bits per heavy atom. The van der Waals surface area contributed by atoms with Gasteiger partial charge in [-0.1, -0.05) is 18.1 Å². The minimum atomic E-state index is -4.58. The molecule has 0 bridgehead atoms. The number of nitrogens with zero attached hydrogens (tertiary/aromatic N) is 1. The Kier molecular flexibility index (Phi) is 3.53. The second-order valence-electron chi connectivity index (χ2n) is 5.07. The number of terminal acetylenes is 1. The molecule has 3 aromatic rings. The summed E-state index contributed by atoms with van der Waals surface area (Å²) in [5.74, 6) is 1.51. The molecule has 0 unspecified atom stereocenters. The van der Waals surface area contributed by atoms with Crippen molar-refractivity contribution in [3.63, 3.8) is 0 Å². The van der Waals surface area contributed by atoms with Crippen molar-refractivity contribution in [3.05, 3.63) is 53.3 Å². The van der Waals surface area contributed by atoms with Gasteiger partial charge in [-0.15, -0.1) is 6.42 Å². The Morgan fingerprint density at radius 2 is 2.04 bits per heavy atom. The van der Waals surface area contributed by atoms with E-state index < -0.39 is 17.6 Å². The average Bonchev–Trinajstić information content (AvgIpc) is 2.97. The number of hydrogen-bond donors (Lipinski definition) is 2. The van der Waals surface area contributed by atoms with Gasteiger partial charge in [0.15, 0.2) is 5.69 Å². The summed E-state index contributed by atoms with van der Waals surface area (Å²) < 4.78 is 39.5. The van der Waals surface area contributed by atoms with Crippen LogP contribution in [0.2, 0.25) is 0 Å². The van der Waals surface area contributed by atoms with Crippen LogP contribution in [0.4, 0.5) is 13.2 Å². The van der Waals surface area contributed by atoms with E-state index in [1.165, 1.54) is 6.07 Å². The Bertz CT molecular complexity index is 996. The number of carbonyl (C=O) groups excluding carboxylic acids is 1. The highest BCUT2D eigenvalue weighted by molar-refractivity contribution is 6.05. The zero-order chi connectivity index (χ0) is 17.5. The smallest absolute Gasteiger partial charge is 0.364 e. The third-order valence-electron chi connectivity index (χ3n) is 3.53. The van der Waals surface area contributed by atoms with E-state index in [1.807, 2.05) is 0 Å². The van der Waals surface area contributed by atoms with Crippen LogP contribution in [0.3, 0.4) is 0 Å². The van der Waals surface area contributed by atoms with Crippen molar-refractivity contribution in [2.75, 3.05) is 0 Å². The zero-order valence-corrected chi connectivity index (χ0v) is 12.1. The van der Waals surface area contributed by atoms with Gasteiger partial charge in [-0.05, 0) is 18.2 Å². The Labute approximate surface area is 134 Å². The number of nitrogens with two attached hydrogens (primary N) is 1. The first-order valence-corrected chi connectivity index (χ1v) is 6.77. The number of aromatic nitrogens is 2. The molecule has 0 atom stereocenters. The van der Waals surface area contributed by atoms with Crippen LogP contribution in [-0.4, -0.2) is 15.9 Å². The number of carbonyl (C=O) groups is 1. The number of alkyl halides is 3. The molecule has 0 aliphatic carbocycles. The number of aromatic amines is 1. The summed E-state index contributed by atoms with van der Waals surface area (Å²) in [7, 11) is 0. The molecule has 2 aromatic heterocycles. The number of halogens is 3. The van der Waals surface area contributed by atoms with Crippen LogP contribution < -0.4 is 5.73 Å². The van der Waals surface area contributed by atoms with Crippen molar-refractivity contribution in [1.29, 1.82) is 0 Å². The monoisotopic (exact) mass is 329 g/mol. The molecule has 7 heteroatoms. The van der Waals surface area contributed by atoms with Crippen LogP contribution in [0.1, 0.15) is 21.6 Å². The van der Waals surface area contributed by atoms with Gasteiger partial charge in [-0.25, -0.2) is 4.98 Å². The summed E-state index contributed by atoms with van der Waals surface area (Å²) >= 11 is 0. The maximum atomic E-state index is 13.2. The topological polar surface area (TPSA) is 71.8 Å². The number of primary amides is 1. The fraction of sp³-hybridized carbons (Fsp3) is 0.0588. The fourth-order valence-corrected chi connectivity index (χ4v) is 2.45. The Hall–Kier alpha value is -3.27. The van der Waals surface area contributed by atoms with Crippen LogP contribution in [0, 0.1) is 12.3 Å². The van der Waals surface area contributed by atoms with Crippen LogP contribution in [-0.2, 0) is 6.18 Å². The quantitative estimate of drug-likeness (QED) is 0.708. The first-order valence-electron chi connectivity index (χ1n) is 6.77. The average molecular weight is 329 g/mol. The van der Waals surface area contributed by atoms with E-state index in [2.05, 4.69) is 15.9 Å². The van der Waals surface area contributed by atoms with Crippen LogP contribution >= 0.6 is 0 Å². The summed E-state index contributed by atoms with van der Waals surface area (Å²) in [6, 6.07) is 7.83. The van der Waals surface area contributed by atoms with Crippen LogP contribution in [0.25, 0.3) is 22.2 Å². The standard InChI is InChI=1S/C17H10F3N3O/c1-2-9-4-3-5-10(6-9)13-7-11-12(17(18,19)20)8-22-14(11)15(23-13)16(21)24/h1,3-8,22H,(H2,21,24). The number of H-pyrrole nitrogens is 1. The molecule has 1 aromatic carbocycles. The molecule has 0 saturated carbocycles. The number of hydrogen-bond acceptors (Lipinski definition) is 2. The normalized spacial score (nSPS) is 11.4. The van der Waals surface area contributed by atoms with Crippen LogP contribution in [0.15, 0.2) is 36.5 Å². The first-order chi connectivity index (χ1) is 11.3. The molecule has 24 heavy (non-hydrogen) atoms. The first kappa shape index (κ1) is 15.6. The second kappa shape index (κ2) is 5.42. The number of amides is 1. The Balaban J connectivity index is 2.33. The molecule has 3 rings (SSSR count). The molecule has 0 aliphatic rings. The molecule has 0 spiro atoms. The molecule has 2 heterocycles. The second-order valence-corrected chi connectivity index (χ2v) is 5.07. The molecule has 0 aliphatic heterocycles. The minimum absolute atomic E-state index is 0.0494. The molecule has 0 radical (unpaired) electrons. The van der Waals surface area contributed by atoms with Gasteiger partial charge in [0.25, 0.3) is 5.91 Å². The van der Waals surface area contributed by atoms with Gasteiger partial charge in [0.1, 0.15) is 0 Å². The third-order valence-corrected chi connectivity index (χ3v) is 3.53. The predicted molar refractivity (Wildman–Crippen MR) is 83.0 cm³/mol. The largest absolute Gasteiger partial charge is 0.418 e. The lowest BCUT2D eigenvalue weighted by atomic mass is 10.0. The van der Waals surface area contributed by atoms with Crippen molar-refractivity contribution in [1.82, 2.24) is 9.97 Å². The number of fused-ring (bicyclic) bond motifs is 1. The van der Waals surface area contributed by atoms with Gasteiger partial charge in [0, 0.05) is 22.7 Å². The maximum absolute atomic E-state index is 13.2. The number of nitrogens with one attached hydrogen (secondary N) is 1. The van der Waals surface area contributed by atoms with Crippen molar-refractivity contribution in [2.45, 2.75) is 6.18 Å². The molecule has 0 saturated heterocycles. The number of benzene rings is 1. The van der Waals surface area contributed by atoms with E-state index in [1.54, 1.807) is 24.3 Å². The number of pyridine rings is 1. The summed E-state index contributed by atoms with van der Waals surface area (Å²) in [6.07, 6.45) is 1.55. The minimum Gasteiger partial charge on any atom is -0.364 e. The van der Waals surface area contributed by atoms with Crippen LogP contribution in [0.5, 0.6) is 0 Å². The van der Waals surface area contributed by atoms with Gasteiger partial charge in [-0.3, -0.25) is 4.79 Å². The Morgan fingerprint density at radius 1 is 1.29 bits per heavy atom. The molecule has 0 fully saturated rings.